The summed E-state index contributed by atoms with van der Waals surface area (Å²) < 4.78 is 5.08. The molecule has 4 nitrogen and oxygen atoms in total. The lowest BCUT2D eigenvalue weighted by molar-refractivity contribution is -0.141. The highest BCUT2D eigenvalue weighted by molar-refractivity contribution is 7.80. The molecule has 0 fully saturated rings. The summed E-state index contributed by atoms with van der Waals surface area (Å²) in [5, 5.41) is 2.59. The van der Waals surface area contributed by atoms with E-state index in [4.69, 9.17) is 10.5 Å². The van der Waals surface area contributed by atoms with Crippen LogP contribution in [0.3, 0.4) is 0 Å². The van der Waals surface area contributed by atoms with Gasteiger partial charge in [-0.15, -0.1) is 0 Å². The molecule has 1 atom stereocenters. The van der Waals surface area contributed by atoms with Crippen molar-refractivity contribution >= 4 is 23.1 Å². The number of hydrogen-bond acceptors (Lipinski definition) is 3. The number of rotatable bonds is 5. The van der Waals surface area contributed by atoms with E-state index in [1.807, 2.05) is 6.92 Å². The number of nitrogens with one attached hydrogen (secondary N) is 1. The van der Waals surface area contributed by atoms with Crippen LogP contribution in [0.15, 0.2) is 0 Å². The minimum absolute atomic E-state index is 0.190. The van der Waals surface area contributed by atoms with Crippen LogP contribution < -0.4 is 11.1 Å². The van der Waals surface area contributed by atoms with Crippen molar-refractivity contribution in [2.45, 2.75) is 25.9 Å². The maximum Gasteiger partial charge on any atom is 0.252 e. The van der Waals surface area contributed by atoms with Crippen LogP contribution in [0.1, 0.15) is 20.3 Å². The Morgan fingerprint density at radius 3 is 2.54 bits per heavy atom. The highest BCUT2D eigenvalue weighted by Gasteiger charge is 2.30. The van der Waals surface area contributed by atoms with Crippen molar-refractivity contribution in [3.63, 3.8) is 0 Å². The van der Waals surface area contributed by atoms with E-state index in [0.717, 1.165) is 0 Å². The second kappa shape index (κ2) is 5.14. The molecule has 0 bridgehead atoms. The smallest absolute Gasteiger partial charge is 0.252 e. The summed E-state index contributed by atoms with van der Waals surface area (Å²) >= 11 is 4.63. The van der Waals surface area contributed by atoms with Crippen molar-refractivity contribution in [3.05, 3.63) is 0 Å². The van der Waals surface area contributed by atoms with Crippen LogP contribution >= 0.6 is 12.2 Å². The molecule has 0 saturated heterocycles. The molecule has 0 aliphatic carbocycles. The number of methoxy groups -OCH3 is 1. The molecule has 0 spiro atoms. The summed E-state index contributed by atoms with van der Waals surface area (Å²) in [7, 11) is 1.50. The van der Waals surface area contributed by atoms with Crippen LogP contribution in [0, 0.1) is 0 Å². The molecule has 0 aromatic rings. The van der Waals surface area contributed by atoms with Gasteiger partial charge in [-0.3, -0.25) is 4.79 Å². The molecule has 3 N–H and O–H groups in total. The fourth-order valence-electron chi connectivity index (χ4n) is 0.752. The van der Waals surface area contributed by atoms with Crippen LogP contribution in [0.4, 0.5) is 0 Å². The van der Waals surface area contributed by atoms with Gasteiger partial charge in [-0.05, 0) is 13.3 Å². The van der Waals surface area contributed by atoms with E-state index in [1.165, 1.54) is 7.11 Å². The van der Waals surface area contributed by atoms with Gasteiger partial charge in [0.05, 0.1) is 11.5 Å². The first kappa shape index (κ1) is 12.3. The molecular formula is C8H16N2O2S. The van der Waals surface area contributed by atoms with Crippen molar-refractivity contribution < 1.29 is 9.53 Å². The van der Waals surface area contributed by atoms with E-state index in [9.17, 15) is 4.79 Å². The van der Waals surface area contributed by atoms with E-state index in [1.54, 1.807) is 6.92 Å². The molecular weight excluding hydrogens is 188 g/mol. The van der Waals surface area contributed by atoms with E-state index >= 15 is 0 Å². The second-order valence-corrected chi connectivity index (χ2v) is 3.46. The molecule has 5 heteroatoms. The van der Waals surface area contributed by atoms with Gasteiger partial charge in [0.25, 0.3) is 5.91 Å². The standard InChI is InChI=1S/C8H16N2O2S/c1-4-8(2,12-3)7(11)10-5-6(9)13/h4-5H2,1-3H3,(H2,9,13)(H,10,11). The number of hydrogen-bond donors (Lipinski definition) is 2. The average molecular weight is 204 g/mol. The molecule has 0 aliphatic heterocycles. The minimum Gasteiger partial charge on any atom is -0.392 e. The van der Waals surface area contributed by atoms with Gasteiger partial charge in [0.2, 0.25) is 0 Å². The van der Waals surface area contributed by atoms with Gasteiger partial charge in [0.1, 0.15) is 5.60 Å². The molecule has 0 radical (unpaired) electrons. The Morgan fingerprint density at radius 1 is 1.69 bits per heavy atom. The predicted octanol–water partition coefficient (Wildman–Crippen LogP) is 0.204. The zero-order valence-electron chi connectivity index (χ0n) is 8.22. The summed E-state index contributed by atoms with van der Waals surface area (Å²) in [5.41, 5.74) is 4.46. The molecule has 0 saturated carbocycles. The largest absolute Gasteiger partial charge is 0.392 e. The molecule has 0 rings (SSSR count). The van der Waals surface area contributed by atoms with E-state index < -0.39 is 5.60 Å². The third-order valence-corrected chi connectivity index (χ3v) is 2.17. The maximum atomic E-state index is 11.5. The lowest BCUT2D eigenvalue weighted by Crippen LogP contribution is -2.47. The first-order valence-electron chi connectivity index (χ1n) is 4.08. The monoisotopic (exact) mass is 204 g/mol. The van der Waals surface area contributed by atoms with Crippen molar-refractivity contribution in [1.29, 1.82) is 0 Å². The number of nitrogens with two attached hydrogens (primary N) is 1. The molecule has 1 unspecified atom stereocenters. The molecule has 0 aromatic heterocycles. The zero-order chi connectivity index (χ0) is 10.5. The van der Waals surface area contributed by atoms with E-state index in [0.29, 0.717) is 6.42 Å². The zero-order valence-corrected chi connectivity index (χ0v) is 9.03. The van der Waals surface area contributed by atoms with Gasteiger partial charge in [-0.25, -0.2) is 0 Å². The van der Waals surface area contributed by atoms with Gasteiger partial charge >= 0.3 is 0 Å². The van der Waals surface area contributed by atoms with Gasteiger partial charge in [0.15, 0.2) is 0 Å². The fraction of sp³-hybridized carbons (Fsp3) is 0.750. The van der Waals surface area contributed by atoms with Crippen LogP contribution in [0.25, 0.3) is 0 Å². The third-order valence-electron chi connectivity index (χ3n) is 2.03. The topological polar surface area (TPSA) is 64.3 Å². The number of carbonyl (C=O) groups is 1. The molecule has 0 aliphatic rings. The Bertz CT molecular complexity index is 202. The molecule has 0 aromatic carbocycles. The van der Waals surface area contributed by atoms with E-state index in [-0.39, 0.29) is 17.4 Å². The van der Waals surface area contributed by atoms with E-state index in [2.05, 4.69) is 17.5 Å². The summed E-state index contributed by atoms with van der Waals surface area (Å²) in [6.45, 7) is 3.82. The fourth-order valence-corrected chi connectivity index (χ4v) is 0.824. The predicted molar refractivity (Wildman–Crippen MR) is 55.5 cm³/mol. The summed E-state index contributed by atoms with van der Waals surface area (Å²) in [4.78, 5) is 11.7. The second-order valence-electron chi connectivity index (χ2n) is 2.94. The van der Waals surface area contributed by atoms with Crippen LogP contribution in [-0.4, -0.2) is 30.2 Å². The van der Waals surface area contributed by atoms with Gasteiger partial charge in [-0.1, -0.05) is 19.1 Å². The van der Waals surface area contributed by atoms with Crippen LogP contribution in [0.5, 0.6) is 0 Å². The Hall–Kier alpha value is -0.680. The Kier molecular flexibility index (Phi) is 4.87. The third kappa shape index (κ3) is 3.69. The Morgan fingerprint density at radius 2 is 2.23 bits per heavy atom. The lowest BCUT2D eigenvalue weighted by atomic mass is 10.0. The van der Waals surface area contributed by atoms with Crippen LogP contribution in [0.2, 0.25) is 0 Å². The SMILES string of the molecule is CCC(C)(OC)C(=O)NCC(N)=S. The van der Waals surface area contributed by atoms with Crippen molar-refractivity contribution in [1.82, 2.24) is 5.32 Å². The summed E-state index contributed by atoms with van der Waals surface area (Å²) in [5.74, 6) is -0.190. The molecule has 13 heavy (non-hydrogen) atoms. The highest BCUT2D eigenvalue weighted by atomic mass is 32.1. The quantitative estimate of drug-likeness (QED) is 0.628. The minimum atomic E-state index is -0.787. The molecule has 1 amide bonds. The van der Waals surface area contributed by atoms with Crippen LogP contribution in [-0.2, 0) is 9.53 Å². The molecule has 0 heterocycles. The van der Waals surface area contributed by atoms with Gasteiger partial charge < -0.3 is 15.8 Å². The van der Waals surface area contributed by atoms with Crippen molar-refractivity contribution in [2.75, 3.05) is 13.7 Å². The highest BCUT2D eigenvalue weighted by Crippen LogP contribution is 2.13. The lowest BCUT2D eigenvalue weighted by Gasteiger charge is -2.24. The number of amides is 1. The number of carbonyl (C=O) groups excluding carboxylic acids is 1. The summed E-state index contributed by atoms with van der Waals surface area (Å²) in [6.07, 6.45) is 0.604. The number of thiocarbonyl (C=S) groups is 1. The Labute approximate surface area is 83.8 Å². The number of ether oxygens (including phenoxy) is 1. The van der Waals surface area contributed by atoms with Crippen molar-refractivity contribution in [2.24, 2.45) is 5.73 Å². The first-order valence-corrected chi connectivity index (χ1v) is 4.49. The van der Waals surface area contributed by atoms with Gasteiger partial charge in [0, 0.05) is 7.11 Å². The maximum absolute atomic E-state index is 11.5. The summed E-state index contributed by atoms with van der Waals surface area (Å²) in [6, 6.07) is 0. The average Bonchev–Trinajstić information content (AvgIpc) is 2.12. The van der Waals surface area contributed by atoms with Gasteiger partial charge in [-0.2, -0.15) is 0 Å². The molecule has 76 valence electrons. The first-order chi connectivity index (χ1) is 5.96. The normalized spacial score (nSPS) is 14.7. The Balaban J connectivity index is 4.15. The van der Waals surface area contributed by atoms with Crippen molar-refractivity contribution in [3.8, 4) is 0 Å².